The number of aliphatic hydroxyl groups excluding tert-OH is 1. The molecule has 0 amide bonds. The molecule has 0 bridgehead atoms. The monoisotopic (exact) mass is 701 g/mol. The number of esters is 2. The first kappa shape index (κ1) is 40.8. The fraction of sp³-hybridized carbons (Fsp3) is 0.652. The second-order valence-corrected chi connectivity index (χ2v) is 15.8. The van der Waals surface area contributed by atoms with Crippen LogP contribution in [0.1, 0.15) is 153 Å². The van der Waals surface area contributed by atoms with Crippen LogP contribution in [-0.4, -0.2) is 36.9 Å². The van der Waals surface area contributed by atoms with E-state index in [-0.39, 0.29) is 18.1 Å². The average Bonchev–Trinajstić information content (AvgIpc) is 3.16. The lowest BCUT2D eigenvalue weighted by atomic mass is 9.67. The predicted octanol–water partition coefficient (Wildman–Crippen LogP) is 11.4. The predicted molar refractivity (Wildman–Crippen MR) is 211 cm³/mol. The van der Waals surface area contributed by atoms with Crippen LogP contribution in [0, 0.1) is 23.7 Å². The zero-order valence-electron chi connectivity index (χ0n) is 32.3. The van der Waals surface area contributed by atoms with E-state index in [1.165, 1.54) is 99.8 Å². The quantitative estimate of drug-likeness (QED) is 0.0797. The van der Waals surface area contributed by atoms with Crippen molar-refractivity contribution >= 4 is 22.7 Å². The van der Waals surface area contributed by atoms with Gasteiger partial charge in [0, 0.05) is 5.57 Å². The fourth-order valence-electron chi connectivity index (χ4n) is 8.86. The molecule has 1 atom stereocenters. The van der Waals surface area contributed by atoms with Crippen molar-refractivity contribution in [3.05, 3.63) is 71.3 Å². The van der Waals surface area contributed by atoms with Gasteiger partial charge in [-0.1, -0.05) is 109 Å². The SMILES string of the molecule is C=C(CC)C(=O)OCCC(CCCC1CCC(C2CCC(c3cc4ccc(CCCCC)cc4cc3CC)CC2)CC1)CCOC(=O)C(=C)CO. The third kappa shape index (κ3) is 12.6. The zero-order valence-corrected chi connectivity index (χ0v) is 32.3. The third-order valence-electron chi connectivity index (χ3n) is 12.3. The molecule has 1 N–H and O–H groups in total. The van der Waals surface area contributed by atoms with Crippen LogP contribution in [0.2, 0.25) is 0 Å². The Morgan fingerprint density at radius 2 is 1.41 bits per heavy atom. The summed E-state index contributed by atoms with van der Waals surface area (Å²) in [6, 6.07) is 12.2. The van der Waals surface area contributed by atoms with Crippen LogP contribution in [0.15, 0.2) is 54.6 Å². The van der Waals surface area contributed by atoms with Crippen LogP contribution in [0.5, 0.6) is 0 Å². The highest BCUT2D eigenvalue weighted by atomic mass is 16.5. The molecule has 4 rings (SSSR count). The maximum atomic E-state index is 12.1. The van der Waals surface area contributed by atoms with Crippen molar-refractivity contribution in [3.8, 4) is 0 Å². The van der Waals surface area contributed by atoms with E-state index in [2.05, 4.69) is 57.3 Å². The number of unbranched alkanes of at least 4 members (excludes halogenated alkanes) is 2. The molecule has 0 aromatic heterocycles. The Kier molecular flexibility index (Phi) is 17.3. The van der Waals surface area contributed by atoms with Gasteiger partial charge in [-0.15, -0.1) is 0 Å². The summed E-state index contributed by atoms with van der Waals surface area (Å²) in [5.41, 5.74) is 5.25. The molecule has 2 saturated carbocycles. The Bertz CT molecular complexity index is 1370. The minimum Gasteiger partial charge on any atom is -0.462 e. The number of ether oxygens (including phenoxy) is 2. The highest BCUT2D eigenvalue weighted by molar-refractivity contribution is 5.88. The van der Waals surface area contributed by atoms with Crippen molar-refractivity contribution in [1.82, 2.24) is 0 Å². The lowest BCUT2D eigenvalue weighted by Crippen LogP contribution is -2.25. The number of aryl methyl sites for hydroxylation is 2. The van der Waals surface area contributed by atoms with Crippen LogP contribution in [0.4, 0.5) is 0 Å². The van der Waals surface area contributed by atoms with E-state index in [9.17, 15) is 9.59 Å². The second kappa shape index (κ2) is 21.6. The normalized spacial score (nSPS) is 21.3. The minimum absolute atomic E-state index is 0.0732. The van der Waals surface area contributed by atoms with E-state index in [1.54, 1.807) is 11.1 Å². The molecule has 0 aliphatic heterocycles. The lowest BCUT2D eigenvalue weighted by molar-refractivity contribution is -0.139. The molecule has 0 heterocycles. The summed E-state index contributed by atoms with van der Waals surface area (Å²) in [7, 11) is 0. The second-order valence-electron chi connectivity index (χ2n) is 15.8. The highest BCUT2D eigenvalue weighted by Gasteiger charge is 2.32. The van der Waals surface area contributed by atoms with Crippen LogP contribution in [0.25, 0.3) is 10.8 Å². The van der Waals surface area contributed by atoms with Crippen LogP contribution < -0.4 is 0 Å². The molecular weight excluding hydrogens is 633 g/mol. The molecule has 282 valence electrons. The molecule has 0 saturated heterocycles. The maximum Gasteiger partial charge on any atom is 0.335 e. The summed E-state index contributed by atoms with van der Waals surface area (Å²) in [6.45, 7) is 14.1. The first-order chi connectivity index (χ1) is 24.8. The van der Waals surface area contributed by atoms with Gasteiger partial charge in [0.2, 0.25) is 0 Å². The Morgan fingerprint density at radius 3 is 2.02 bits per heavy atom. The van der Waals surface area contributed by atoms with Gasteiger partial charge in [-0.25, -0.2) is 9.59 Å². The molecule has 5 heteroatoms. The molecule has 2 aliphatic rings. The summed E-state index contributed by atoms with van der Waals surface area (Å²) in [4.78, 5) is 24.1. The first-order valence-corrected chi connectivity index (χ1v) is 20.6. The van der Waals surface area contributed by atoms with Crippen molar-refractivity contribution < 1.29 is 24.2 Å². The zero-order chi connectivity index (χ0) is 36.6. The van der Waals surface area contributed by atoms with Crippen molar-refractivity contribution in [1.29, 1.82) is 0 Å². The smallest absolute Gasteiger partial charge is 0.335 e. The molecule has 2 aromatic rings. The number of rotatable bonds is 21. The van der Waals surface area contributed by atoms with Gasteiger partial charge in [0.1, 0.15) is 0 Å². The Balaban J connectivity index is 1.20. The van der Waals surface area contributed by atoms with E-state index in [0.29, 0.717) is 36.9 Å². The van der Waals surface area contributed by atoms with Gasteiger partial charge < -0.3 is 14.6 Å². The number of aliphatic hydroxyl groups is 1. The molecule has 2 aromatic carbocycles. The van der Waals surface area contributed by atoms with Crippen molar-refractivity contribution in [2.45, 2.75) is 149 Å². The molecule has 5 nitrogen and oxygen atoms in total. The molecule has 0 radical (unpaired) electrons. The summed E-state index contributed by atoms with van der Waals surface area (Å²) < 4.78 is 10.8. The topological polar surface area (TPSA) is 72.8 Å². The standard InChI is InChI=1S/C46H68O5/c1-6-9-10-12-37-17-20-42-31-44(38(8-3)30-43(42)29-37)41-23-21-40(22-24-41)39-18-15-35(16-19-39)13-11-14-36(25-27-50-45(48)33(4)7-2)26-28-51-46(49)34(5)32-47/h17,20,29-31,35-36,39-41,47H,4-16,18-19,21-28,32H2,1-3H3. The van der Waals surface area contributed by atoms with Gasteiger partial charge in [-0.05, 0) is 134 Å². The molecule has 0 spiro atoms. The van der Waals surface area contributed by atoms with E-state index < -0.39 is 12.6 Å². The summed E-state index contributed by atoms with van der Waals surface area (Å²) >= 11 is 0. The third-order valence-corrected chi connectivity index (χ3v) is 12.3. The lowest BCUT2D eigenvalue weighted by Gasteiger charge is -2.38. The van der Waals surface area contributed by atoms with Crippen LogP contribution >= 0.6 is 0 Å². The number of hydrogen-bond donors (Lipinski definition) is 1. The number of carbonyl (C=O) groups is 2. The van der Waals surface area contributed by atoms with Gasteiger partial charge in [0.25, 0.3) is 0 Å². The van der Waals surface area contributed by atoms with Gasteiger partial charge >= 0.3 is 11.9 Å². The maximum absolute atomic E-state index is 12.1. The number of fused-ring (bicyclic) bond motifs is 1. The van der Waals surface area contributed by atoms with Crippen LogP contribution in [-0.2, 0) is 31.9 Å². The average molecular weight is 701 g/mol. The van der Waals surface area contributed by atoms with E-state index >= 15 is 0 Å². The fourth-order valence-corrected chi connectivity index (χ4v) is 8.86. The van der Waals surface area contributed by atoms with Gasteiger partial charge in [0.15, 0.2) is 0 Å². The van der Waals surface area contributed by atoms with Crippen molar-refractivity contribution in [2.75, 3.05) is 19.8 Å². The van der Waals surface area contributed by atoms with Crippen LogP contribution in [0.3, 0.4) is 0 Å². The summed E-state index contributed by atoms with van der Waals surface area (Å²) in [6.07, 6.45) is 22.5. The molecule has 2 fully saturated rings. The van der Waals surface area contributed by atoms with Gasteiger partial charge in [0.05, 0.1) is 25.4 Å². The van der Waals surface area contributed by atoms with E-state index in [0.717, 1.165) is 43.4 Å². The van der Waals surface area contributed by atoms with E-state index in [1.807, 2.05) is 6.92 Å². The largest absolute Gasteiger partial charge is 0.462 e. The molecule has 2 aliphatic carbocycles. The Morgan fingerprint density at radius 1 is 0.765 bits per heavy atom. The number of benzene rings is 2. The molecule has 51 heavy (non-hydrogen) atoms. The number of hydrogen-bond acceptors (Lipinski definition) is 5. The minimum atomic E-state index is -0.543. The number of carbonyl (C=O) groups excluding carboxylic acids is 2. The highest BCUT2D eigenvalue weighted by Crippen LogP contribution is 2.45. The Hall–Kier alpha value is -2.92. The van der Waals surface area contributed by atoms with Gasteiger partial charge in [-0.2, -0.15) is 0 Å². The molecular formula is C46H68O5. The first-order valence-electron chi connectivity index (χ1n) is 20.6. The summed E-state index contributed by atoms with van der Waals surface area (Å²) in [5, 5.41) is 12.0. The van der Waals surface area contributed by atoms with Crippen molar-refractivity contribution in [3.63, 3.8) is 0 Å². The molecule has 1 unspecified atom stereocenters. The van der Waals surface area contributed by atoms with E-state index in [4.69, 9.17) is 14.6 Å². The van der Waals surface area contributed by atoms with Gasteiger partial charge in [-0.3, -0.25) is 0 Å². The Labute approximate surface area is 309 Å². The van der Waals surface area contributed by atoms with Crippen molar-refractivity contribution in [2.24, 2.45) is 23.7 Å². The summed E-state index contributed by atoms with van der Waals surface area (Å²) in [5.74, 6) is 2.72.